The highest BCUT2D eigenvalue weighted by molar-refractivity contribution is 7.86. The maximum absolute atomic E-state index is 13.4. The normalized spacial score (nSPS) is 28.2. The van der Waals surface area contributed by atoms with Gasteiger partial charge in [0.15, 0.2) is 0 Å². The summed E-state index contributed by atoms with van der Waals surface area (Å²) in [5.41, 5.74) is -0.580. The van der Waals surface area contributed by atoms with Crippen LogP contribution in [-0.4, -0.2) is 74.7 Å². The van der Waals surface area contributed by atoms with Crippen LogP contribution in [0.3, 0.4) is 0 Å². The van der Waals surface area contributed by atoms with E-state index in [1.165, 1.54) is 17.1 Å². The van der Waals surface area contributed by atoms with E-state index >= 15 is 0 Å². The van der Waals surface area contributed by atoms with Crippen molar-refractivity contribution in [1.82, 2.24) is 18.9 Å². The fourth-order valence-electron chi connectivity index (χ4n) is 4.66. The van der Waals surface area contributed by atoms with E-state index in [4.69, 9.17) is 0 Å². The predicted octanol–water partition coefficient (Wildman–Crippen LogP) is 0.933. The molecule has 1 aromatic rings. The summed E-state index contributed by atoms with van der Waals surface area (Å²) in [6.45, 7) is 2.77. The second-order valence-corrected chi connectivity index (χ2v) is 11.0. The smallest absolute Gasteiger partial charge is 0.281 e. The summed E-state index contributed by atoms with van der Waals surface area (Å²) >= 11 is 0. The van der Waals surface area contributed by atoms with E-state index in [0.29, 0.717) is 44.9 Å². The Kier molecular flexibility index (Phi) is 5.56. The summed E-state index contributed by atoms with van der Waals surface area (Å²) in [6, 6.07) is 5.77. The van der Waals surface area contributed by atoms with E-state index in [-0.39, 0.29) is 11.8 Å². The molecule has 4 rings (SSSR count). The summed E-state index contributed by atoms with van der Waals surface area (Å²) in [5.74, 6) is 1.47. The Morgan fingerprint density at radius 1 is 1.31 bits per heavy atom. The number of aromatic nitrogens is 1. The number of fused-ring (bicyclic) bond motifs is 1. The molecule has 29 heavy (non-hydrogen) atoms. The summed E-state index contributed by atoms with van der Waals surface area (Å²) in [4.78, 5) is 20.0. The van der Waals surface area contributed by atoms with E-state index in [0.717, 1.165) is 12.4 Å². The zero-order chi connectivity index (χ0) is 20.6. The number of carbonyl (C=O) groups excluding carboxylic acids is 1. The Balaban J connectivity index is 1.62. The van der Waals surface area contributed by atoms with E-state index in [9.17, 15) is 13.2 Å². The zero-order valence-corrected chi connectivity index (χ0v) is 18.1. The Morgan fingerprint density at radius 2 is 2.10 bits per heavy atom. The van der Waals surface area contributed by atoms with Crippen molar-refractivity contribution in [2.75, 3.05) is 51.7 Å². The fraction of sp³-hybridized carbons (Fsp3) is 0.700. The van der Waals surface area contributed by atoms with Gasteiger partial charge < -0.3 is 10.2 Å². The molecule has 2 saturated heterocycles. The molecule has 0 spiro atoms. The Hall–Kier alpha value is -1.71. The maximum atomic E-state index is 13.4. The van der Waals surface area contributed by atoms with E-state index < -0.39 is 15.6 Å². The number of carbonyl (C=O) groups is 1. The maximum Gasteiger partial charge on any atom is 0.281 e. The molecule has 0 unspecified atom stereocenters. The highest BCUT2D eigenvalue weighted by Gasteiger charge is 2.54. The second kappa shape index (κ2) is 7.85. The second-order valence-electron chi connectivity index (χ2n) is 8.83. The molecule has 0 radical (unpaired) electrons. The molecule has 8 nitrogen and oxygen atoms in total. The lowest BCUT2D eigenvalue weighted by molar-refractivity contribution is -0.132. The van der Waals surface area contributed by atoms with Crippen LogP contribution in [-0.2, 0) is 15.0 Å². The number of rotatable bonds is 6. The first-order chi connectivity index (χ1) is 13.8. The van der Waals surface area contributed by atoms with Gasteiger partial charge in [-0.3, -0.25) is 4.79 Å². The Bertz CT molecular complexity index is 843. The molecule has 2 atom stereocenters. The number of nitrogens with one attached hydrogen (secondary N) is 1. The van der Waals surface area contributed by atoms with Gasteiger partial charge in [0.25, 0.3) is 10.2 Å². The quantitative estimate of drug-likeness (QED) is 0.739. The number of amides is 1. The van der Waals surface area contributed by atoms with Crippen LogP contribution in [0.1, 0.15) is 25.7 Å². The van der Waals surface area contributed by atoms with Crippen molar-refractivity contribution in [2.24, 2.45) is 17.3 Å². The summed E-state index contributed by atoms with van der Waals surface area (Å²) in [5, 5.41) is 3.19. The summed E-state index contributed by atoms with van der Waals surface area (Å²) in [6.07, 6.45) is 5.50. The van der Waals surface area contributed by atoms with Crippen molar-refractivity contribution in [3.8, 4) is 0 Å². The minimum absolute atomic E-state index is 0.0686. The molecule has 3 fully saturated rings. The van der Waals surface area contributed by atoms with Crippen molar-refractivity contribution in [2.45, 2.75) is 25.7 Å². The van der Waals surface area contributed by atoms with Crippen molar-refractivity contribution in [3.63, 3.8) is 0 Å². The lowest BCUT2D eigenvalue weighted by Crippen LogP contribution is -2.49. The molecule has 3 heterocycles. The van der Waals surface area contributed by atoms with E-state index in [2.05, 4.69) is 15.2 Å². The standard InChI is InChI=1S/C20H31N5O3S/c1-23(2)29(27,28)25-11-5-9-20(19(26)22-12-16-7-8-16)15-24(13-17(20)14-25)18-6-3-4-10-21-18/h3-4,6,10,16-17H,5,7-9,11-15H2,1-2H3,(H,22,26)/t17-,20+/m1/s1. The van der Waals surface area contributed by atoms with Gasteiger partial charge in [0, 0.05) is 58.9 Å². The molecule has 1 amide bonds. The predicted molar refractivity (Wildman–Crippen MR) is 112 cm³/mol. The van der Waals surface area contributed by atoms with Crippen LogP contribution in [0, 0.1) is 17.3 Å². The summed E-state index contributed by atoms with van der Waals surface area (Å²) < 4.78 is 28.4. The SMILES string of the molecule is CN(C)S(=O)(=O)N1CCC[C@]2(C(=O)NCC3CC3)CN(c3ccccn3)C[C@@H]2C1. The topological polar surface area (TPSA) is 85.8 Å². The minimum atomic E-state index is -3.51. The molecule has 0 aromatic carbocycles. The highest BCUT2D eigenvalue weighted by Crippen LogP contribution is 2.44. The molecule has 1 N–H and O–H groups in total. The van der Waals surface area contributed by atoms with Crippen LogP contribution in [0.5, 0.6) is 0 Å². The minimum Gasteiger partial charge on any atom is -0.355 e. The third kappa shape index (κ3) is 4.00. The van der Waals surface area contributed by atoms with Gasteiger partial charge in [0.1, 0.15) is 5.82 Å². The van der Waals surface area contributed by atoms with Crippen LogP contribution >= 0.6 is 0 Å². The van der Waals surface area contributed by atoms with Gasteiger partial charge >= 0.3 is 0 Å². The molecule has 9 heteroatoms. The molecular formula is C20H31N5O3S. The molecular weight excluding hydrogens is 390 g/mol. The lowest BCUT2D eigenvalue weighted by Gasteiger charge is -2.32. The van der Waals surface area contributed by atoms with E-state index in [1.807, 2.05) is 18.2 Å². The average molecular weight is 422 g/mol. The van der Waals surface area contributed by atoms with Gasteiger partial charge in [0.05, 0.1) is 5.41 Å². The van der Waals surface area contributed by atoms with Crippen molar-refractivity contribution >= 4 is 21.9 Å². The monoisotopic (exact) mass is 421 g/mol. The lowest BCUT2D eigenvalue weighted by atomic mass is 9.74. The number of anilines is 1. The number of nitrogens with zero attached hydrogens (tertiary/aromatic N) is 4. The van der Waals surface area contributed by atoms with Crippen molar-refractivity contribution < 1.29 is 13.2 Å². The fourth-order valence-corrected chi connectivity index (χ4v) is 5.85. The molecule has 3 aliphatic rings. The number of pyridine rings is 1. The molecule has 2 aliphatic heterocycles. The summed E-state index contributed by atoms with van der Waals surface area (Å²) in [7, 11) is -0.391. The Labute approximate surface area is 173 Å². The largest absolute Gasteiger partial charge is 0.355 e. The van der Waals surface area contributed by atoms with Crippen LogP contribution < -0.4 is 10.2 Å². The third-order valence-corrected chi connectivity index (χ3v) is 8.52. The number of hydrogen-bond donors (Lipinski definition) is 1. The molecule has 1 saturated carbocycles. The molecule has 1 aromatic heterocycles. The first-order valence-electron chi connectivity index (χ1n) is 10.4. The van der Waals surface area contributed by atoms with Crippen LogP contribution in [0.2, 0.25) is 0 Å². The van der Waals surface area contributed by atoms with E-state index in [1.54, 1.807) is 24.6 Å². The zero-order valence-electron chi connectivity index (χ0n) is 17.2. The van der Waals surface area contributed by atoms with Crippen molar-refractivity contribution in [3.05, 3.63) is 24.4 Å². The van der Waals surface area contributed by atoms with Gasteiger partial charge in [-0.2, -0.15) is 17.0 Å². The van der Waals surface area contributed by atoms with Gasteiger partial charge in [-0.25, -0.2) is 4.98 Å². The van der Waals surface area contributed by atoms with Crippen LogP contribution in [0.25, 0.3) is 0 Å². The molecule has 1 aliphatic carbocycles. The van der Waals surface area contributed by atoms with Crippen LogP contribution in [0.15, 0.2) is 24.4 Å². The van der Waals surface area contributed by atoms with Gasteiger partial charge in [0.2, 0.25) is 5.91 Å². The number of hydrogen-bond acceptors (Lipinski definition) is 5. The first kappa shape index (κ1) is 20.6. The molecule has 0 bridgehead atoms. The highest BCUT2D eigenvalue weighted by atomic mass is 32.2. The van der Waals surface area contributed by atoms with Crippen molar-refractivity contribution in [1.29, 1.82) is 0 Å². The van der Waals surface area contributed by atoms with Gasteiger partial charge in [-0.15, -0.1) is 0 Å². The molecule has 160 valence electrons. The van der Waals surface area contributed by atoms with Gasteiger partial charge in [-0.05, 0) is 43.7 Å². The first-order valence-corrected chi connectivity index (χ1v) is 11.8. The van der Waals surface area contributed by atoms with Crippen LogP contribution in [0.4, 0.5) is 5.82 Å². The van der Waals surface area contributed by atoms with Gasteiger partial charge in [-0.1, -0.05) is 6.07 Å². The third-order valence-electron chi connectivity index (χ3n) is 6.61. The Morgan fingerprint density at radius 3 is 2.76 bits per heavy atom. The average Bonchev–Trinajstić information content (AvgIpc) is 3.49.